The number of thioether (sulfide) groups is 2. The molecule has 0 nitrogen and oxygen atoms in total. The van der Waals surface area contributed by atoms with Gasteiger partial charge in [0.25, 0.3) is 0 Å². The third kappa shape index (κ3) is 44.7. The standard InChI is InChI=1S/C43H88S2/c1-3-5-7-9-11-13-15-17-19-21-24-28-32-36-40-44-42-38-34-30-26-23-27-31-35-39-43-45-41-37-33-29-25-22-20-18-16-14-12-10-8-6-4-2/h3-43H2,1-2H3. The zero-order valence-corrected chi connectivity index (χ0v) is 33.4. The first-order valence-corrected chi connectivity index (χ1v) is 23.9. The minimum Gasteiger partial charge on any atom is -0.162 e. The van der Waals surface area contributed by atoms with E-state index in [0.29, 0.717) is 0 Å². The quantitative estimate of drug-likeness (QED) is 0.0594. The Labute approximate surface area is 296 Å². The zero-order valence-electron chi connectivity index (χ0n) is 31.8. The Balaban J connectivity index is 3.03. The van der Waals surface area contributed by atoms with Crippen LogP contribution in [-0.2, 0) is 0 Å². The van der Waals surface area contributed by atoms with Gasteiger partial charge in [0, 0.05) is 0 Å². The molecule has 0 fully saturated rings. The van der Waals surface area contributed by atoms with Gasteiger partial charge in [-0.1, -0.05) is 226 Å². The summed E-state index contributed by atoms with van der Waals surface area (Å²) in [5.41, 5.74) is 0. The summed E-state index contributed by atoms with van der Waals surface area (Å²) in [6, 6.07) is 0. The van der Waals surface area contributed by atoms with Crippen LogP contribution in [0.15, 0.2) is 0 Å². The van der Waals surface area contributed by atoms with Gasteiger partial charge in [0.2, 0.25) is 0 Å². The summed E-state index contributed by atoms with van der Waals surface area (Å²) in [6.45, 7) is 4.62. The Morgan fingerprint density at radius 2 is 0.311 bits per heavy atom. The van der Waals surface area contributed by atoms with Crippen molar-refractivity contribution in [2.24, 2.45) is 0 Å². The van der Waals surface area contributed by atoms with Crippen molar-refractivity contribution in [2.45, 2.75) is 251 Å². The number of hydrogen-bond acceptors (Lipinski definition) is 2. The fourth-order valence-corrected chi connectivity index (χ4v) is 8.69. The van der Waals surface area contributed by atoms with E-state index >= 15 is 0 Å². The van der Waals surface area contributed by atoms with Crippen LogP contribution < -0.4 is 0 Å². The summed E-state index contributed by atoms with van der Waals surface area (Å²) in [7, 11) is 0. The van der Waals surface area contributed by atoms with Gasteiger partial charge in [-0.3, -0.25) is 0 Å². The van der Waals surface area contributed by atoms with Crippen molar-refractivity contribution in [3.8, 4) is 0 Å². The molecule has 0 radical (unpaired) electrons. The highest BCUT2D eigenvalue weighted by Gasteiger charge is 1.98. The van der Waals surface area contributed by atoms with E-state index in [0.717, 1.165) is 0 Å². The molecule has 2 heteroatoms. The molecule has 0 aliphatic heterocycles. The minimum absolute atomic E-state index is 1.37. The third-order valence-corrected chi connectivity index (χ3v) is 12.2. The van der Waals surface area contributed by atoms with Crippen LogP contribution in [-0.4, -0.2) is 23.0 Å². The van der Waals surface area contributed by atoms with Gasteiger partial charge in [0.1, 0.15) is 0 Å². The Kier molecular flexibility index (Phi) is 45.4. The van der Waals surface area contributed by atoms with Gasteiger partial charge in [-0.2, -0.15) is 23.5 Å². The van der Waals surface area contributed by atoms with E-state index in [9.17, 15) is 0 Å². The first kappa shape index (κ1) is 45.7. The second kappa shape index (κ2) is 44.7. The van der Waals surface area contributed by atoms with Crippen LogP contribution in [0.25, 0.3) is 0 Å². The zero-order chi connectivity index (χ0) is 32.4. The first-order valence-electron chi connectivity index (χ1n) is 21.6. The van der Waals surface area contributed by atoms with Crippen LogP contribution in [0, 0.1) is 0 Å². The molecule has 45 heavy (non-hydrogen) atoms. The summed E-state index contributed by atoms with van der Waals surface area (Å²) < 4.78 is 0. The monoisotopic (exact) mass is 669 g/mol. The van der Waals surface area contributed by atoms with Gasteiger partial charge >= 0.3 is 0 Å². The van der Waals surface area contributed by atoms with Crippen molar-refractivity contribution < 1.29 is 0 Å². The Morgan fingerprint density at radius 3 is 0.467 bits per heavy atom. The molecule has 0 aliphatic rings. The van der Waals surface area contributed by atoms with E-state index in [1.807, 2.05) is 0 Å². The van der Waals surface area contributed by atoms with E-state index in [1.54, 1.807) is 0 Å². The SMILES string of the molecule is CCCCCCCCCCCCCCCCSCCCCCCCCCCCSCCCCCCCCCCCCCCCC. The van der Waals surface area contributed by atoms with E-state index in [2.05, 4.69) is 37.4 Å². The number of unbranched alkanes of at least 4 members (excludes halogenated alkanes) is 34. The molecule has 0 aromatic heterocycles. The lowest BCUT2D eigenvalue weighted by molar-refractivity contribution is 0.538. The van der Waals surface area contributed by atoms with Gasteiger partial charge in [0.15, 0.2) is 0 Å². The largest absolute Gasteiger partial charge is 0.162 e. The lowest BCUT2D eigenvalue weighted by atomic mass is 10.0. The fraction of sp³-hybridized carbons (Fsp3) is 1.00. The van der Waals surface area contributed by atoms with Crippen molar-refractivity contribution >= 4 is 23.5 Å². The normalized spacial score (nSPS) is 11.6. The lowest BCUT2D eigenvalue weighted by Crippen LogP contribution is -1.88. The second-order valence-corrected chi connectivity index (χ2v) is 17.0. The van der Waals surface area contributed by atoms with Crippen molar-refractivity contribution in [2.75, 3.05) is 23.0 Å². The molecule has 0 spiro atoms. The van der Waals surface area contributed by atoms with Crippen molar-refractivity contribution in [3.05, 3.63) is 0 Å². The molecule has 0 unspecified atom stereocenters. The summed E-state index contributed by atoms with van der Waals surface area (Å²) in [6.07, 6.45) is 54.4. The molecule has 0 atom stereocenters. The van der Waals surface area contributed by atoms with E-state index in [1.165, 1.54) is 261 Å². The van der Waals surface area contributed by atoms with Crippen LogP contribution in [0.3, 0.4) is 0 Å². The van der Waals surface area contributed by atoms with Crippen LogP contribution in [0.2, 0.25) is 0 Å². The maximum atomic E-state index is 2.31. The van der Waals surface area contributed by atoms with Gasteiger partial charge in [-0.15, -0.1) is 0 Å². The van der Waals surface area contributed by atoms with E-state index < -0.39 is 0 Å². The maximum Gasteiger partial charge on any atom is -0.00675 e. The Morgan fingerprint density at radius 1 is 0.178 bits per heavy atom. The van der Waals surface area contributed by atoms with Crippen molar-refractivity contribution in [3.63, 3.8) is 0 Å². The lowest BCUT2D eigenvalue weighted by Gasteiger charge is -2.05. The molecule has 0 heterocycles. The van der Waals surface area contributed by atoms with Gasteiger partial charge in [-0.25, -0.2) is 0 Å². The molecule has 0 saturated heterocycles. The molecule has 0 aromatic carbocycles. The highest BCUT2D eigenvalue weighted by molar-refractivity contribution is 7.99. The van der Waals surface area contributed by atoms with Crippen LogP contribution in [0.4, 0.5) is 0 Å². The van der Waals surface area contributed by atoms with E-state index in [-0.39, 0.29) is 0 Å². The van der Waals surface area contributed by atoms with Crippen molar-refractivity contribution in [1.29, 1.82) is 0 Å². The molecule has 0 aliphatic carbocycles. The smallest absolute Gasteiger partial charge is 0.00675 e. The van der Waals surface area contributed by atoms with Crippen LogP contribution in [0.1, 0.15) is 251 Å². The first-order chi connectivity index (χ1) is 22.4. The predicted molar refractivity (Wildman–Crippen MR) is 217 cm³/mol. The van der Waals surface area contributed by atoms with Gasteiger partial charge < -0.3 is 0 Å². The molecule has 0 N–H and O–H groups in total. The highest BCUT2D eigenvalue weighted by atomic mass is 32.2. The topological polar surface area (TPSA) is 0 Å². The Hall–Kier alpha value is 0.700. The summed E-state index contributed by atoms with van der Waals surface area (Å²) in [4.78, 5) is 0. The number of rotatable bonds is 42. The van der Waals surface area contributed by atoms with Crippen LogP contribution >= 0.6 is 23.5 Å². The average Bonchev–Trinajstić information content (AvgIpc) is 3.05. The molecule has 0 bridgehead atoms. The Bertz CT molecular complexity index is 436. The summed E-state index contributed by atoms with van der Waals surface area (Å²) >= 11 is 4.46. The molecule has 0 aromatic rings. The molecule has 0 amide bonds. The van der Waals surface area contributed by atoms with Gasteiger partial charge in [-0.05, 0) is 48.7 Å². The molecular weight excluding hydrogens is 581 g/mol. The minimum atomic E-state index is 1.37. The highest BCUT2D eigenvalue weighted by Crippen LogP contribution is 2.18. The molecule has 272 valence electrons. The predicted octanol–water partition coefficient (Wildman–Crippen LogP) is 16.9. The average molecular weight is 669 g/mol. The molecular formula is C43H88S2. The molecule has 0 rings (SSSR count). The van der Waals surface area contributed by atoms with Gasteiger partial charge in [0.05, 0.1) is 0 Å². The maximum absolute atomic E-state index is 2.31. The number of hydrogen-bond donors (Lipinski definition) is 0. The van der Waals surface area contributed by atoms with Crippen LogP contribution in [0.5, 0.6) is 0 Å². The fourth-order valence-electron chi connectivity index (χ4n) is 6.65. The summed E-state index contributed by atoms with van der Waals surface area (Å²) in [5.74, 6) is 5.65. The summed E-state index contributed by atoms with van der Waals surface area (Å²) in [5, 5.41) is 0. The van der Waals surface area contributed by atoms with E-state index in [4.69, 9.17) is 0 Å². The van der Waals surface area contributed by atoms with Crippen molar-refractivity contribution in [1.82, 2.24) is 0 Å². The molecule has 0 saturated carbocycles. The third-order valence-electron chi connectivity index (χ3n) is 9.86. The second-order valence-electron chi connectivity index (χ2n) is 14.6.